The zero-order chi connectivity index (χ0) is 23.0. The van der Waals surface area contributed by atoms with Gasteiger partial charge in [-0.3, -0.25) is 4.79 Å². The van der Waals surface area contributed by atoms with Crippen LogP contribution in [0.2, 0.25) is 5.02 Å². The summed E-state index contributed by atoms with van der Waals surface area (Å²) in [6.45, 7) is 3.29. The Morgan fingerprint density at radius 3 is 2.48 bits per heavy atom. The van der Waals surface area contributed by atoms with Crippen LogP contribution >= 0.6 is 22.9 Å². The maximum atomic E-state index is 13.2. The number of benzene rings is 2. The van der Waals surface area contributed by atoms with Crippen LogP contribution in [0.25, 0.3) is 10.2 Å². The van der Waals surface area contributed by atoms with Gasteiger partial charge < -0.3 is 9.80 Å². The lowest BCUT2D eigenvalue weighted by Gasteiger charge is -2.38. The maximum Gasteiger partial charge on any atom is 0.243 e. The first-order valence-electron chi connectivity index (χ1n) is 11.1. The molecule has 3 heterocycles. The summed E-state index contributed by atoms with van der Waals surface area (Å²) < 4.78 is 28.5. The topological polar surface area (TPSA) is 73.8 Å². The molecule has 0 radical (unpaired) electrons. The van der Waals surface area contributed by atoms with Crippen molar-refractivity contribution in [2.75, 3.05) is 44.2 Å². The second-order valence-electron chi connectivity index (χ2n) is 8.41. The lowest BCUT2D eigenvalue weighted by Crippen LogP contribution is -2.53. The van der Waals surface area contributed by atoms with E-state index in [1.807, 2.05) is 23.1 Å². The van der Waals surface area contributed by atoms with Crippen molar-refractivity contribution >= 4 is 54.2 Å². The Kier molecular flexibility index (Phi) is 6.30. The largest absolute Gasteiger partial charge is 0.345 e. The highest BCUT2D eigenvalue weighted by molar-refractivity contribution is 7.89. The second kappa shape index (κ2) is 9.21. The fourth-order valence-corrected chi connectivity index (χ4v) is 7.38. The van der Waals surface area contributed by atoms with Gasteiger partial charge in [0.1, 0.15) is 5.52 Å². The fourth-order valence-electron chi connectivity index (χ4n) is 4.52. The summed E-state index contributed by atoms with van der Waals surface area (Å²) in [6, 6.07) is 14.2. The summed E-state index contributed by atoms with van der Waals surface area (Å²) in [5.74, 6) is -0.250. The van der Waals surface area contributed by atoms with Crippen molar-refractivity contribution in [3.63, 3.8) is 0 Å². The third-order valence-corrected chi connectivity index (χ3v) is 9.60. The number of para-hydroxylation sites is 1. The Bertz CT molecular complexity index is 1260. The quantitative estimate of drug-likeness (QED) is 0.541. The lowest BCUT2D eigenvalue weighted by atomic mass is 9.98. The maximum absolute atomic E-state index is 13.2. The van der Waals surface area contributed by atoms with Crippen molar-refractivity contribution < 1.29 is 13.2 Å². The van der Waals surface area contributed by atoms with E-state index in [-0.39, 0.29) is 23.3 Å². The predicted molar refractivity (Wildman–Crippen MR) is 131 cm³/mol. The van der Waals surface area contributed by atoms with Crippen LogP contribution < -0.4 is 4.90 Å². The number of aromatic nitrogens is 1. The first-order chi connectivity index (χ1) is 15.9. The normalized spacial score (nSPS) is 20.3. The highest BCUT2D eigenvalue weighted by Gasteiger charge is 2.36. The van der Waals surface area contributed by atoms with Crippen LogP contribution in [0.4, 0.5) is 5.13 Å². The molecule has 3 aromatic rings. The number of piperazine rings is 1. The van der Waals surface area contributed by atoms with Crippen molar-refractivity contribution in [2.45, 2.75) is 17.7 Å². The molecular weight excluding hydrogens is 480 g/mol. The van der Waals surface area contributed by atoms with E-state index in [2.05, 4.69) is 4.90 Å². The Hall–Kier alpha value is -2.20. The molecule has 0 bridgehead atoms. The lowest BCUT2D eigenvalue weighted by molar-refractivity contribution is -0.137. The SMILES string of the molecule is O=C(C1CCCN(S(=O)(=O)c2ccccc2)C1)N1CCN(c2nc3c(Cl)cccc3s2)CC1. The van der Waals surface area contributed by atoms with E-state index < -0.39 is 10.0 Å². The number of sulfonamides is 1. The number of rotatable bonds is 4. The third-order valence-electron chi connectivity index (χ3n) is 6.33. The van der Waals surface area contributed by atoms with Gasteiger partial charge in [-0.2, -0.15) is 4.31 Å². The van der Waals surface area contributed by atoms with Crippen LogP contribution in [0.15, 0.2) is 53.4 Å². The predicted octanol–water partition coefficient (Wildman–Crippen LogP) is 3.70. The smallest absolute Gasteiger partial charge is 0.243 e. The van der Waals surface area contributed by atoms with Gasteiger partial charge in [-0.15, -0.1) is 0 Å². The van der Waals surface area contributed by atoms with Gasteiger partial charge in [0, 0.05) is 39.3 Å². The Labute approximate surface area is 202 Å². The first-order valence-corrected chi connectivity index (χ1v) is 13.7. The molecule has 1 unspecified atom stereocenters. The van der Waals surface area contributed by atoms with Gasteiger partial charge in [-0.25, -0.2) is 13.4 Å². The number of carbonyl (C=O) groups excluding carboxylic acids is 1. The number of halogens is 1. The number of hydrogen-bond acceptors (Lipinski definition) is 6. The molecule has 174 valence electrons. The van der Waals surface area contributed by atoms with Gasteiger partial charge in [-0.05, 0) is 37.1 Å². The molecule has 2 aromatic carbocycles. The van der Waals surface area contributed by atoms with Gasteiger partial charge in [0.2, 0.25) is 15.9 Å². The van der Waals surface area contributed by atoms with Crippen LogP contribution in [-0.2, 0) is 14.8 Å². The van der Waals surface area contributed by atoms with Crippen molar-refractivity contribution in [3.05, 3.63) is 53.6 Å². The highest BCUT2D eigenvalue weighted by Crippen LogP contribution is 2.33. The first kappa shape index (κ1) is 22.6. The standard InChI is InChI=1S/C23H25ClN4O3S2/c24-19-9-4-10-20-21(19)25-23(32-20)27-14-12-26(13-15-27)22(29)17-6-5-11-28(16-17)33(30,31)18-7-2-1-3-8-18/h1-4,7-10,17H,5-6,11-16H2. The number of hydrogen-bond donors (Lipinski definition) is 0. The zero-order valence-electron chi connectivity index (χ0n) is 18.1. The fraction of sp³-hybridized carbons (Fsp3) is 0.391. The van der Waals surface area contributed by atoms with E-state index in [0.29, 0.717) is 44.2 Å². The Balaban J connectivity index is 1.23. The summed E-state index contributed by atoms with van der Waals surface area (Å²) in [5.41, 5.74) is 0.819. The van der Waals surface area contributed by atoms with Gasteiger partial charge in [0.15, 0.2) is 5.13 Å². The van der Waals surface area contributed by atoms with E-state index >= 15 is 0 Å². The summed E-state index contributed by atoms with van der Waals surface area (Å²) in [7, 11) is -3.58. The molecule has 0 N–H and O–H groups in total. The Morgan fingerprint density at radius 2 is 1.76 bits per heavy atom. The summed E-state index contributed by atoms with van der Waals surface area (Å²) in [4.78, 5) is 22.3. The molecule has 1 atom stereocenters. The van der Waals surface area contributed by atoms with E-state index in [9.17, 15) is 13.2 Å². The Morgan fingerprint density at radius 1 is 1.00 bits per heavy atom. The number of piperidine rings is 1. The van der Waals surface area contributed by atoms with Crippen molar-refractivity contribution in [1.29, 1.82) is 0 Å². The van der Waals surface area contributed by atoms with Crippen LogP contribution in [0.1, 0.15) is 12.8 Å². The number of amides is 1. The molecule has 5 rings (SSSR count). The van der Waals surface area contributed by atoms with E-state index in [1.165, 1.54) is 4.31 Å². The molecule has 2 aliphatic rings. The minimum absolute atomic E-state index is 0.0509. The molecule has 0 saturated carbocycles. The molecule has 2 fully saturated rings. The van der Waals surface area contributed by atoms with Crippen LogP contribution in [0.3, 0.4) is 0 Å². The molecule has 1 aromatic heterocycles. The van der Waals surface area contributed by atoms with Crippen molar-refractivity contribution in [1.82, 2.24) is 14.2 Å². The van der Waals surface area contributed by atoms with Crippen LogP contribution in [0.5, 0.6) is 0 Å². The molecular formula is C23H25ClN4O3S2. The zero-order valence-corrected chi connectivity index (χ0v) is 20.4. The van der Waals surface area contributed by atoms with Gasteiger partial charge in [-0.1, -0.05) is 47.2 Å². The van der Waals surface area contributed by atoms with E-state index in [4.69, 9.17) is 16.6 Å². The van der Waals surface area contributed by atoms with Gasteiger partial charge >= 0.3 is 0 Å². The molecule has 10 heteroatoms. The summed E-state index contributed by atoms with van der Waals surface area (Å²) in [6.07, 6.45) is 1.41. The summed E-state index contributed by atoms with van der Waals surface area (Å²) in [5, 5.41) is 1.57. The van der Waals surface area contributed by atoms with Gasteiger partial charge in [0.05, 0.1) is 20.5 Å². The highest BCUT2D eigenvalue weighted by atomic mass is 35.5. The van der Waals surface area contributed by atoms with Gasteiger partial charge in [0.25, 0.3) is 0 Å². The van der Waals surface area contributed by atoms with Crippen LogP contribution in [-0.4, -0.2) is 67.8 Å². The van der Waals surface area contributed by atoms with E-state index in [1.54, 1.807) is 41.7 Å². The molecule has 0 aliphatic carbocycles. The second-order valence-corrected chi connectivity index (χ2v) is 11.8. The molecule has 33 heavy (non-hydrogen) atoms. The molecule has 0 spiro atoms. The summed E-state index contributed by atoms with van der Waals surface area (Å²) >= 11 is 7.88. The third kappa shape index (κ3) is 4.47. The molecule has 7 nitrogen and oxygen atoms in total. The number of nitrogens with zero attached hydrogens (tertiary/aromatic N) is 4. The number of fused-ring (bicyclic) bond motifs is 1. The number of carbonyl (C=O) groups is 1. The number of thiazole rings is 1. The minimum atomic E-state index is -3.58. The van der Waals surface area contributed by atoms with Crippen LogP contribution in [0, 0.1) is 5.92 Å². The van der Waals surface area contributed by atoms with Crippen molar-refractivity contribution in [2.24, 2.45) is 5.92 Å². The molecule has 2 aliphatic heterocycles. The minimum Gasteiger partial charge on any atom is -0.345 e. The molecule has 1 amide bonds. The average molecular weight is 505 g/mol. The van der Waals surface area contributed by atoms with Crippen molar-refractivity contribution in [3.8, 4) is 0 Å². The molecule has 2 saturated heterocycles. The van der Waals surface area contributed by atoms with E-state index in [0.717, 1.165) is 21.8 Å². The monoisotopic (exact) mass is 504 g/mol. The number of anilines is 1. The average Bonchev–Trinajstić information content (AvgIpc) is 3.30.